The fraction of sp³-hybridized carbons (Fsp3) is 0.727. The van der Waals surface area contributed by atoms with E-state index in [2.05, 4.69) is 43.2 Å². The summed E-state index contributed by atoms with van der Waals surface area (Å²) in [5, 5.41) is 8.33. The van der Waals surface area contributed by atoms with Gasteiger partial charge in [-0.15, -0.1) is 5.10 Å². The summed E-state index contributed by atoms with van der Waals surface area (Å²) in [4.78, 5) is 0. The smallest absolute Gasteiger partial charge is 0.0697 e. The Hall–Kier alpha value is -1.38. The highest BCUT2D eigenvalue weighted by molar-refractivity contribution is 5.65. The molecule has 0 radical (unpaired) electrons. The van der Waals surface area contributed by atoms with Gasteiger partial charge in [0, 0.05) is 5.41 Å². The minimum absolute atomic E-state index is 0.167. The van der Waals surface area contributed by atoms with Gasteiger partial charge in [-0.05, 0) is 73.7 Å². The van der Waals surface area contributed by atoms with Gasteiger partial charge in [0.05, 0.1) is 18.1 Å². The molecule has 134 valence electrons. The van der Waals surface area contributed by atoms with Crippen LogP contribution in [0.2, 0.25) is 0 Å². The van der Waals surface area contributed by atoms with Gasteiger partial charge >= 0.3 is 0 Å². The first-order chi connectivity index (χ1) is 12.0. The standard InChI is InChI=1S/C22H31N3/c1-15-8-10-21(2)16(14-15)4-5-17-18-6-7-20(25-13-12-23-24-25)22(18,3)11-9-19(17)21/h6-7,12-13,15-17,19H,4-5,8-11,14H2,1-3H3/t15-,16-,17-,19-,21-,22-/m0/s1. The van der Waals surface area contributed by atoms with Crippen LogP contribution in [0.1, 0.15) is 65.7 Å². The summed E-state index contributed by atoms with van der Waals surface area (Å²) < 4.78 is 2.00. The lowest BCUT2D eigenvalue weighted by Crippen LogP contribution is -2.50. The third kappa shape index (κ3) is 2.10. The average molecular weight is 338 g/mol. The molecule has 3 fully saturated rings. The van der Waals surface area contributed by atoms with E-state index in [9.17, 15) is 0 Å². The molecule has 0 aromatic carbocycles. The third-order valence-electron chi connectivity index (χ3n) is 8.60. The number of allylic oxidation sites excluding steroid dienone is 4. The molecule has 1 heterocycles. The van der Waals surface area contributed by atoms with E-state index in [-0.39, 0.29) is 5.41 Å². The van der Waals surface area contributed by atoms with E-state index in [1.165, 1.54) is 50.6 Å². The van der Waals surface area contributed by atoms with Crippen LogP contribution in [-0.2, 0) is 0 Å². The Morgan fingerprint density at radius 1 is 1.08 bits per heavy atom. The number of nitrogens with zero attached hydrogens (tertiary/aromatic N) is 3. The molecule has 0 spiro atoms. The van der Waals surface area contributed by atoms with E-state index in [4.69, 9.17) is 0 Å². The summed E-state index contributed by atoms with van der Waals surface area (Å²) in [6.45, 7) is 7.56. The SMILES string of the molecule is C[C@H]1CC[C@@]2(C)[C@@H](CC[C@H]3C4=CC=C(n5ccnn5)[C@@]4(C)CC[C@@H]32)C1. The zero-order valence-corrected chi connectivity index (χ0v) is 15.9. The lowest BCUT2D eigenvalue weighted by molar-refractivity contribution is -0.0583. The van der Waals surface area contributed by atoms with Crippen LogP contribution in [0.15, 0.2) is 30.1 Å². The summed E-state index contributed by atoms with van der Waals surface area (Å²) in [6.07, 6.45) is 18.4. The first-order valence-electron chi connectivity index (χ1n) is 10.3. The van der Waals surface area contributed by atoms with Crippen LogP contribution in [-0.4, -0.2) is 15.0 Å². The van der Waals surface area contributed by atoms with Gasteiger partial charge in [-0.3, -0.25) is 0 Å². The van der Waals surface area contributed by atoms with Gasteiger partial charge in [0.2, 0.25) is 0 Å². The van der Waals surface area contributed by atoms with E-state index in [0.29, 0.717) is 5.41 Å². The molecule has 3 nitrogen and oxygen atoms in total. The zero-order chi connectivity index (χ0) is 17.2. The Morgan fingerprint density at radius 2 is 1.96 bits per heavy atom. The number of fused-ring (bicyclic) bond motifs is 5. The highest BCUT2D eigenvalue weighted by atomic mass is 15.4. The summed E-state index contributed by atoms with van der Waals surface area (Å²) in [7, 11) is 0. The average Bonchev–Trinajstić information content (AvgIpc) is 3.22. The molecular weight excluding hydrogens is 306 g/mol. The van der Waals surface area contributed by atoms with Crippen molar-refractivity contribution in [1.29, 1.82) is 0 Å². The van der Waals surface area contributed by atoms with Gasteiger partial charge in [-0.25, -0.2) is 4.68 Å². The van der Waals surface area contributed by atoms with Gasteiger partial charge in [0.25, 0.3) is 0 Å². The molecule has 0 aliphatic heterocycles. The van der Waals surface area contributed by atoms with Crippen molar-refractivity contribution in [3.8, 4) is 0 Å². The molecule has 3 heteroatoms. The molecule has 1 aromatic heterocycles. The molecule has 5 rings (SSSR count). The molecular formula is C22H31N3. The quantitative estimate of drug-likeness (QED) is 0.693. The third-order valence-corrected chi connectivity index (χ3v) is 8.60. The van der Waals surface area contributed by atoms with Crippen molar-refractivity contribution in [2.24, 2.45) is 34.5 Å². The van der Waals surface area contributed by atoms with Crippen molar-refractivity contribution in [3.05, 3.63) is 30.1 Å². The second-order valence-corrected chi connectivity index (χ2v) is 9.76. The van der Waals surface area contributed by atoms with E-state index >= 15 is 0 Å². The minimum Gasteiger partial charge on any atom is -0.224 e. The lowest BCUT2D eigenvalue weighted by Gasteiger charge is -2.59. The summed E-state index contributed by atoms with van der Waals surface area (Å²) in [5.74, 6) is 3.58. The summed E-state index contributed by atoms with van der Waals surface area (Å²) in [6, 6.07) is 0. The van der Waals surface area contributed by atoms with E-state index < -0.39 is 0 Å². The maximum absolute atomic E-state index is 4.29. The monoisotopic (exact) mass is 337 g/mol. The highest BCUT2D eigenvalue weighted by Crippen LogP contribution is 2.65. The van der Waals surface area contributed by atoms with Crippen LogP contribution in [0.4, 0.5) is 0 Å². The molecule has 0 unspecified atom stereocenters. The highest BCUT2D eigenvalue weighted by Gasteiger charge is 2.56. The van der Waals surface area contributed by atoms with Gasteiger partial charge in [0.15, 0.2) is 0 Å². The largest absolute Gasteiger partial charge is 0.224 e. The van der Waals surface area contributed by atoms with Crippen molar-refractivity contribution >= 4 is 5.70 Å². The normalized spacial score (nSPS) is 45.9. The Bertz CT molecular complexity index is 730. The molecule has 0 N–H and O–H groups in total. The first kappa shape index (κ1) is 15.8. The van der Waals surface area contributed by atoms with Gasteiger partial charge in [0.1, 0.15) is 0 Å². The first-order valence-corrected chi connectivity index (χ1v) is 10.3. The van der Waals surface area contributed by atoms with Gasteiger partial charge < -0.3 is 0 Å². The Balaban J connectivity index is 1.46. The molecule has 3 saturated carbocycles. The Kier molecular flexibility index (Phi) is 3.37. The lowest BCUT2D eigenvalue weighted by atomic mass is 9.46. The Morgan fingerprint density at radius 3 is 2.76 bits per heavy atom. The number of aromatic nitrogens is 3. The summed E-state index contributed by atoms with van der Waals surface area (Å²) in [5.41, 5.74) is 3.78. The molecule has 0 amide bonds. The molecule has 4 aliphatic carbocycles. The fourth-order valence-corrected chi connectivity index (χ4v) is 7.11. The molecule has 6 atom stereocenters. The van der Waals surface area contributed by atoms with Crippen LogP contribution < -0.4 is 0 Å². The maximum atomic E-state index is 4.29. The topological polar surface area (TPSA) is 30.7 Å². The maximum Gasteiger partial charge on any atom is 0.0697 e. The van der Waals surface area contributed by atoms with E-state index in [1.54, 1.807) is 11.8 Å². The number of hydrogen-bond acceptors (Lipinski definition) is 2. The van der Waals surface area contributed by atoms with Crippen molar-refractivity contribution in [1.82, 2.24) is 15.0 Å². The predicted molar refractivity (Wildman–Crippen MR) is 101 cm³/mol. The molecule has 4 aliphatic rings. The van der Waals surface area contributed by atoms with Crippen molar-refractivity contribution < 1.29 is 0 Å². The second kappa shape index (κ2) is 5.31. The zero-order valence-electron chi connectivity index (χ0n) is 15.9. The molecule has 1 aromatic rings. The van der Waals surface area contributed by atoms with Crippen molar-refractivity contribution in [3.63, 3.8) is 0 Å². The second-order valence-electron chi connectivity index (χ2n) is 9.76. The van der Waals surface area contributed by atoms with Crippen LogP contribution in [0.5, 0.6) is 0 Å². The van der Waals surface area contributed by atoms with Crippen molar-refractivity contribution in [2.75, 3.05) is 0 Å². The van der Waals surface area contributed by atoms with Crippen LogP contribution >= 0.6 is 0 Å². The van der Waals surface area contributed by atoms with Crippen LogP contribution in [0, 0.1) is 34.5 Å². The minimum atomic E-state index is 0.167. The van der Waals surface area contributed by atoms with Gasteiger partial charge in [-0.2, -0.15) is 0 Å². The van der Waals surface area contributed by atoms with Crippen molar-refractivity contribution in [2.45, 2.75) is 65.7 Å². The van der Waals surface area contributed by atoms with Crippen LogP contribution in [0.3, 0.4) is 0 Å². The summed E-state index contributed by atoms with van der Waals surface area (Å²) >= 11 is 0. The Labute approximate surface area is 151 Å². The van der Waals surface area contributed by atoms with E-state index in [1.807, 2.05) is 10.9 Å². The predicted octanol–water partition coefficient (Wildman–Crippen LogP) is 5.33. The van der Waals surface area contributed by atoms with Gasteiger partial charge in [-0.1, -0.05) is 44.1 Å². The number of rotatable bonds is 1. The molecule has 0 bridgehead atoms. The van der Waals surface area contributed by atoms with E-state index in [0.717, 1.165) is 23.7 Å². The molecule has 0 saturated heterocycles. The van der Waals surface area contributed by atoms with Crippen LogP contribution in [0.25, 0.3) is 5.70 Å². The molecule has 25 heavy (non-hydrogen) atoms. The number of hydrogen-bond donors (Lipinski definition) is 0. The fourth-order valence-electron chi connectivity index (χ4n) is 7.11.